The first kappa shape index (κ1) is 15.1. The van der Waals surface area contributed by atoms with Crippen LogP contribution < -0.4 is 10.6 Å². The molecular weight excluding hydrogens is 286 g/mol. The zero-order valence-electron chi connectivity index (χ0n) is 11.9. The number of rotatable bonds is 4. The normalized spacial score (nSPS) is 10.0. The molecule has 110 valence electrons. The first-order chi connectivity index (χ1) is 10.1. The average molecular weight is 303 g/mol. The van der Waals surface area contributed by atoms with Crippen LogP contribution in [0.3, 0.4) is 0 Å². The minimum absolute atomic E-state index is 0.0277. The average Bonchev–Trinajstić information content (AvgIpc) is 2.98. The van der Waals surface area contributed by atoms with E-state index >= 15 is 0 Å². The van der Waals surface area contributed by atoms with Gasteiger partial charge in [0.05, 0.1) is 12.8 Å². The van der Waals surface area contributed by atoms with Crippen LogP contribution >= 0.6 is 12.2 Å². The van der Waals surface area contributed by atoms with Crippen LogP contribution in [0.4, 0.5) is 5.69 Å². The second-order valence-corrected chi connectivity index (χ2v) is 5.07. The number of carbonyl (C=O) groups is 1. The summed E-state index contributed by atoms with van der Waals surface area (Å²) in [5.74, 6) is 0.783. The summed E-state index contributed by atoms with van der Waals surface area (Å²) >= 11 is 5.20. The Morgan fingerprint density at radius 3 is 2.52 bits per heavy atom. The van der Waals surface area contributed by atoms with Crippen LogP contribution in [0.25, 0.3) is 0 Å². The van der Waals surface area contributed by atoms with Gasteiger partial charge in [0.25, 0.3) is 5.91 Å². The fraction of sp³-hybridized carbons (Fsp3) is 0.200. The molecule has 2 N–H and O–H groups in total. The van der Waals surface area contributed by atoms with E-state index in [9.17, 15) is 4.79 Å². The summed E-state index contributed by atoms with van der Waals surface area (Å²) in [6.07, 6.45) is 1.62. The van der Waals surface area contributed by atoms with Gasteiger partial charge in [-0.25, -0.2) is 0 Å². The predicted octanol–water partition coefficient (Wildman–Crippen LogP) is 2.47. The molecular formula is C15H17N3O2S. The van der Waals surface area contributed by atoms with E-state index in [1.807, 2.05) is 24.3 Å². The molecule has 1 heterocycles. The Morgan fingerprint density at radius 2 is 1.95 bits per heavy atom. The van der Waals surface area contributed by atoms with Crippen LogP contribution in [-0.4, -0.2) is 30.0 Å². The molecule has 1 aromatic heterocycles. The van der Waals surface area contributed by atoms with Crippen molar-refractivity contribution >= 4 is 28.9 Å². The second-order valence-electron chi connectivity index (χ2n) is 4.66. The molecule has 1 amide bonds. The summed E-state index contributed by atoms with van der Waals surface area (Å²) in [5.41, 5.74) is 1.46. The highest BCUT2D eigenvalue weighted by Crippen LogP contribution is 2.11. The minimum Gasteiger partial charge on any atom is -0.467 e. The number of carbonyl (C=O) groups excluding carboxylic acids is 1. The molecule has 21 heavy (non-hydrogen) atoms. The Kier molecular flexibility index (Phi) is 4.94. The van der Waals surface area contributed by atoms with Gasteiger partial charge in [-0.3, -0.25) is 4.79 Å². The quantitative estimate of drug-likeness (QED) is 0.850. The smallest absolute Gasteiger partial charge is 0.253 e. The molecule has 0 unspecified atom stereocenters. The third-order valence-electron chi connectivity index (χ3n) is 2.80. The van der Waals surface area contributed by atoms with Gasteiger partial charge in [0, 0.05) is 25.3 Å². The molecule has 0 aliphatic carbocycles. The zero-order valence-corrected chi connectivity index (χ0v) is 12.7. The third kappa shape index (κ3) is 4.32. The van der Waals surface area contributed by atoms with Crippen LogP contribution in [0, 0.1) is 0 Å². The van der Waals surface area contributed by atoms with Gasteiger partial charge in [0.2, 0.25) is 0 Å². The molecule has 0 fully saturated rings. The van der Waals surface area contributed by atoms with Crippen molar-refractivity contribution in [2.45, 2.75) is 6.54 Å². The van der Waals surface area contributed by atoms with E-state index in [-0.39, 0.29) is 5.91 Å². The van der Waals surface area contributed by atoms with Crippen LogP contribution in [0.2, 0.25) is 0 Å². The lowest BCUT2D eigenvalue weighted by atomic mass is 10.2. The molecule has 0 bridgehead atoms. The van der Waals surface area contributed by atoms with E-state index in [0.717, 1.165) is 11.4 Å². The maximum Gasteiger partial charge on any atom is 0.253 e. The van der Waals surface area contributed by atoms with Gasteiger partial charge in [-0.05, 0) is 48.6 Å². The minimum atomic E-state index is -0.0277. The fourth-order valence-corrected chi connectivity index (χ4v) is 1.90. The Balaban J connectivity index is 1.88. The second kappa shape index (κ2) is 6.90. The maximum atomic E-state index is 11.8. The van der Waals surface area contributed by atoms with Crippen molar-refractivity contribution in [1.82, 2.24) is 10.2 Å². The van der Waals surface area contributed by atoms with Crippen LogP contribution in [0.15, 0.2) is 47.1 Å². The summed E-state index contributed by atoms with van der Waals surface area (Å²) < 4.78 is 5.21. The number of nitrogens with one attached hydrogen (secondary N) is 2. The van der Waals surface area contributed by atoms with E-state index in [1.165, 1.54) is 4.90 Å². The van der Waals surface area contributed by atoms with Crippen molar-refractivity contribution in [2.75, 3.05) is 19.4 Å². The highest BCUT2D eigenvalue weighted by Gasteiger charge is 2.07. The maximum absolute atomic E-state index is 11.8. The molecule has 6 heteroatoms. The van der Waals surface area contributed by atoms with Crippen LogP contribution in [0.5, 0.6) is 0 Å². The van der Waals surface area contributed by atoms with Crippen molar-refractivity contribution < 1.29 is 9.21 Å². The standard InChI is InChI=1S/C15H17N3O2S/c1-18(2)14(19)11-5-7-12(8-6-11)17-15(21)16-10-13-4-3-9-20-13/h3-9H,10H2,1-2H3,(H2,16,17,21). The Labute approximate surface area is 128 Å². The zero-order chi connectivity index (χ0) is 15.2. The van der Waals surface area contributed by atoms with Gasteiger partial charge in [-0.2, -0.15) is 0 Å². The Bertz CT molecular complexity index is 606. The number of hydrogen-bond donors (Lipinski definition) is 2. The van der Waals surface area contributed by atoms with Gasteiger partial charge in [0.15, 0.2) is 5.11 Å². The number of hydrogen-bond acceptors (Lipinski definition) is 3. The number of anilines is 1. The summed E-state index contributed by atoms with van der Waals surface area (Å²) in [4.78, 5) is 13.3. The third-order valence-corrected chi connectivity index (χ3v) is 3.05. The van der Waals surface area contributed by atoms with Crippen molar-refractivity contribution in [1.29, 1.82) is 0 Å². The van der Waals surface area contributed by atoms with E-state index in [1.54, 1.807) is 32.5 Å². The topological polar surface area (TPSA) is 57.5 Å². The van der Waals surface area contributed by atoms with Crippen LogP contribution in [0.1, 0.15) is 16.1 Å². The highest BCUT2D eigenvalue weighted by molar-refractivity contribution is 7.80. The Hall–Kier alpha value is -2.34. The predicted molar refractivity (Wildman–Crippen MR) is 86.2 cm³/mol. The van der Waals surface area contributed by atoms with E-state index in [2.05, 4.69) is 10.6 Å². The molecule has 0 radical (unpaired) electrons. The van der Waals surface area contributed by atoms with Gasteiger partial charge < -0.3 is 20.0 Å². The SMILES string of the molecule is CN(C)C(=O)c1ccc(NC(=S)NCc2ccco2)cc1. The van der Waals surface area contributed by atoms with Gasteiger partial charge in [-0.15, -0.1) is 0 Å². The van der Waals surface area contributed by atoms with Gasteiger partial charge in [-0.1, -0.05) is 0 Å². The molecule has 0 aliphatic rings. The molecule has 0 saturated heterocycles. The summed E-state index contributed by atoms with van der Waals surface area (Å²) in [6, 6.07) is 10.9. The summed E-state index contributed by atoms with van der Waals surface area (Å²) in [7, 11) is 3.45. The van der Waals surface area contributed by atoms with Gasteiger partial charge >= 0.3 is 0 Å². The molecule has 0 spiro atoms. The Morgan fingerprint density at radius 1 is 1.24 bits per heavy atom. The highest BCUT2D eigenvalue weighted by atomic mass is 32.1. The lowest BCUT2D eigenvalue weighted by molar-refractivity contribution is 0.0827. The number of furan rings is 1. The van der Waals surface area contributed by atoms with Crippen molar-refractivity contribution in [2.24, 2.45) is 0 Å². The fourth-order valence-electron chi connectivity index (χ4n) is 1.71. The molecule has 5 nitrogen and oxygen atoms in total. The van der Waals surface area contributed by atoms with E-state index < -0.39 is 0 Å². The number of nitrogens with zero attached hydrogens (tertiary/aromatic N) is 1. The monoisotopic (exact) mass is 303 g/mol. The van der Waals surface area contributed by atoms with Gasteiger partial charge in [0.1, 0.15) is 5.76 Å². The lowest BCUT2D eigenvalue weighted by Crippen LogP contribution is -2.27. The summed E-state index contributed by atoms with van der Waals surface area (Å²) in [6.45, 7) is 0.524. The number of thiocarbonyl (C=S) groups is 1. The molecule has 0 saturated carbocycles. The molecule has 1 aromatic carbocycles. The van der Waals surface area contributed by atoms with Crippen molar-refractivity contribution in [3.63, 3.8) is 0 Å². The molecule has 2 aromatic rings. The number of benzene rings is 1. The molecule has 2 rings (SSSR count). The molecule has 0 aliphatic heterocycles. The van der Waals surface area contributed by atoms with Crippen molar-refractivity contribution in [3.8, 4) is 0 Å². The number of amides is 1. The first-order valence-corrected chi connectivity index (χ1v) is 6.86. The van der Waals surface area contributed by atoms with Crippen LogP contribution in [-0.2, 0) is 6.54 Å². The first-order valence-electron chi connectivity index (χ1n) is 6.45. The summed E-state index contributed by atoms with van der Waals surface area (Å²) in [5, 5.41) is 6.59. The largest absolute Gasteiger partial charge is 0.467 e. The molecule has 0 atom stereocenters. The van der Waals surface area contributed by atoms with E-state index in [0.29, 0.717) is 17.2 Å². The van der Waals surface area contributed by atoms with Crippen molar-refractivity contribution in [3.05, 3.63) is 54.0 Å². The lowest BCUT2D eigenvalue weighted by Gasteiger charge is -2.12. The van der Waals surface area contributed by atoms with E-state index in [4.69, 9.17) is 16.6 Å².